The highest BCUT2D eigenvalue weighted by Crippen LogP contribution is 2.12. The molecule has 0 aliphatic rings. The van der Waals surface area contributed by atoms with Crippen LogP contribution in [0.4, 0.5) is 0 Å². The molecule has 300 valence electrons. The van der Waals surface area contributed by atoms with Crippen LogP contribution in [0.3, 0.4) is 0 Å². The first-order valence-electron chi connectivity index (χ1n) is 20.7. The lowest BCUT2D eigenvalue weighted by Crippen LogP contribution is -2.55. The summed E-state index contributed by atoms with van der Waals surface area (Å²) in [5.74, 6) is -1.77. The van der Waals surface area contributed by atoms with Gasteiger partial charge in [-0.25, -0.2) is 0 Å². The lowest BCUT2D eigenvalue weighted by Gasteiger charge is -2.34. The highest BCUT2D eigenvalue weighted by Gasteiger charge is 2.25. The van der Waals surface area contributed by atoms with E-state index in [9.17, 15) is 19.5 Å². The summed E-state index contributed by atoms with van der Waals surface area (Å²) in [7, 11) is 5.38. The minimum Gasteiger partial charge on any atom is -0.544 e. The van der Waals surface area contributed by atoms with Crippen LogP contribution in [0.25, 0.3) is 0 Å². The fraction of sp³-hybridized carbons (Fsp3) is 0.750. The third-order valence-electron chi connectivity index (χ3n) is 8.97. The second-order valence-corrected chi connectivity index (χ2v) is 14.9. The summed E-state index contributed by atoms with van der Waals surface area (Å²) in [5, 5.41) is 11.6. The molecule has 0 saturated heterocycles. The monoisotopic (exact) mass is 732 g/mol. The summed E-state index contributed by atoms with van der Waals surface area (Å²) in [6, 6.07) is -0.726. The van der Waals surface area contributed by atoms with Crippen LogP contribution in [0, 0.1) is 0 Å². The lowest BCUT2D eigenvalue weighted by molar-refractivity contribution is -0.889. The van der Waals surface area contributed by atoms with E-state index in [1.165, 1.54) is 51.4 Å². The van der Waals surface area contributed by atoms with Crippen LogP contribution in [0.15, 0.2) is 48.6 Å². The van der Waals surface area contributed by atoms with Gasteiger partial charge in [0.15, 0.2) is 6.10 Å². The molecule has 0 aromatic carbocycles. The van der Waals surface area contributed by atoms with Crippen LogP contribution in [0.5, 0.6) is 0 Å². The fourth-order valence-corrected chi connectivity index (χ4v) is 5.70. The van der Waals surface area contributed by atoms with Crippen molar-refractivity contribution in [1.29, 1.82) is 0 Å². The molecule has 52 heavy (non-hydrogen) atoms. The van der Waals surface area contributed by atoms with Crippen molar-refractivity contribution in [2.45, 2.75) is 174 Å². The minimum absolute atomic E-state index is 0.0341. The third kappa shape index (κ3) is 33.1. The number of unbranched alkanes of at least 4 members (excludes halogenated alkanes) is 14. The summed E-state index contributed by atoms with van der Waals surface area (Å²) >= 11 is 0. The van der Waals surface area contributed by atoms with Gasteiger partial charge in [-0.1, -0.05) is 133 Å². The Bertz CT molecular complexity index is 995. The summed E-state index contributed by atoms with van der Waals surface area (Å²) in [6.07, 6.45) is 40.1. The number of quaternary nitrogens is 1. The fourth-order valence-electron chi connectivity index (χ4n) is 5.70. The number of carbonyl (C=O) groups is 3. The number of nitrogens with zero attached hydrogens (tertiary/aromatic N) is 1. The third-order valence-corrected chi connectivity index (χ3v) is 8.97. The number of rotatable bonds is 36. The number of aliphatic carboxylic acids is 1. The van der Waals surface area contributed by atoms with E-state index in [0.29, 0.717) is 12.8 Å². The van der Waals surface area contributed by atoms with Crippen LogP contribution in [0.2, 0.25) is 0 Å². The molecule has 0 N–H and O–H groups in total. The number of allylic oxidation sites excluding steroid dienone is 8. The normalized spacial score (nSPS) is 13.5. The molecule has 0 aliphatic carbocycles. The van der Waals surface area contributed by atoms with E-state index in [2.05, 4.69) is 62.5 Å². The van der Waals surface area contributed by atoms with Gasteiger partial charge in [-0.3, -0.25) is 9.59 Å². The van der Waals surface area contributed by atoms with Crippen LogP contribution in [-0.2, 0) is 28.6 Å². The van der Waals surface area contributed by atoms with Gasteiger partial charge in [0.2, 0.25) is 0 Å². The van der Waals surface area contributed by atoms with Gasteiger partial charge in [-0.15, -0.1) is 0 Å². The lowest BCUT2D eigenvalue weighted by atomic mass is 10.1. The van der Waals surface area contributed by atoms with E-state index < -0.39 is 18.1 Å². The highest BCUT2D eigenvalue weighted by molar-refractivity contribution is 5.70. The summed E-state index contributed by atoms with van der Waals surface area (Å²) < 4.78 is 17.0. The first-order valence-corrected chi connectivity index (χ1v) is 20.7. The zero-order chi connectivity index (χ0) is 38.5. The molecule has 0 aromatic rings. The molecule has 0 amide bonds. The second kappa shape index (κ2) is 35.3. The topological polar surface area (TPSA) is 102 Å². The number of hydrogen-bond acceptors (Lipinski definition) is 7. The largest absolute Gasteiger partial charge is 0.544 e. The zero-order valence-corrected chi connectivity index (χ0v) is 34.0. The van der Waals surface area contributed by atoms with Gasteiger partial charge in [0.25, 0.3) is 0 Å². The summed E-state index contributed by atoms with van der Waals surface area (Å²) in [4.78, 5) is 36.6. The van der Waals surface area contributed by atoms with Crippen molar-refractivity contribution >= 4 is 17.9 Å². The predicted molar refractivity (Wildman–Crippen MR) is 213 cm³/mol. The van der Waals surface area contributed by atoms with E-state index in [0.717, 1.165) is 77.0 Å². The minimum atomic E-state index is -1.13. The molecule has 0 fully saturated rings. The molecular formula is C44H77NO7. The number of esters is 2. The Labute approximate surface area is 318 Å². The standard InChI is InChI=1S/C44H77NO7/c1-6-8-10-12-14-15-16-17-18-19-20-21-22-23-24-25-26-27-29-30-32-34-42(46)51-39-40(38-50-37-36-41(44(48)49)45(3,4)5)52-43(47)35-33-31-28-13-11-9-7-2/h14-15,17-18,20-21,23-24,40-41H,6-13,16,19,22,25-39H2,1-5H3/b15-14+,18-17+,21-20+,24-23+. The van der Waals surface area contributed by atoms with E-state index in [1.807, 2.05) is 0 Å². The Morgan fingerprint density at radius 3 is 1.54 bits per heavy atom. The number of ether oxygens (including phenoxy) is 3. The van der Waals surface area contributed by atoms with Crippen molar-refractivity contribution in [2.24, 2.45) is 0 Å². The van der Waals surface area contributed by atoms with Crippen LogP contribution >= 0.6 is 0 Å². The second-order valence-electron chi connectivity index (χ2n) is 14.9. The van der Waals surface area contributed by atoms with Crippen molar-refractivity contribution < 1.29 is 38.2 Å². The number of carboxylic acid groups (broad SMARTS) is 1. The number of likely N-dealkylation sites (N-methyl/N-ethyl adjacent to an activating group) is 1. The average Bonchev–Trinajstić information content (AvgIpc) is 3.09. The Morgan fingerprint density at radius 2 is 1.02 bits per heavy atom. The van der Waals surface area contributed by atoms with Crippen molar-refractivity contribution in [2.75, 3.05) is 41.0 Å². The van der Waals surface area contributed by atoms with E-state index in [1.54, 1.807) is 21.1 Å². The van der Waals surface area contributed by atoms with Crippen molar-refractivity contribution in [1.82, 2.24) is 0 Å². The molecular weight excluding hydrogens is 654 g/mol. The maximum atomic E-state index is 12.6. The van der Waals surface area contributed by atoms with E-state index in [4.69, 9.17) is 14.2 Å². The molecule has 2 unspecified atom stereocenters. The molecule has 0 bridgehead atoms. The number of carboxylic acids is 1. The molecule has 0 heterocycles. The van der Waals surface area contributed by atoms with Gasteiger partial charge in [-0.05, 0) is 57.8 Å². The van der Waals surface area contributed by atoms with Crippen LogP contribution in [0.1, 0.15) is 162 Å². The Hall–Kier alpha value is -2.71. The van der Waals surface area contributed by atoms with Gasteiger partial charge >= 0.3 is 11.9 Å². The van der Waals surface area contributed by atoms with Crippen molar-refractivity contribution in [3.63, 3.8) is 0 Å². The van der Waals surface area contributed by atoms with Gasteiger partial charge in [0, 0.05) is 19.3 Å². The molecule has 0 aromatic heterocycles. The van der Waals surface area contributed by atoms with Gasteiger partial charge < -0.3 is 28.6 Å². The van der Waals surface area contributed by atoms with E-state index >= 15 is 0 Å². The van der Waals surface area contributed by atoms with Gasteiger partial charge in [0.05, 0.1) is 40.3 Å². The number of hydrogen-bond donors (Lipinski definition) is 0. The van der Waals surface area contributed by atoms with Gasteiger partial charge in [-0.2, -0.15) is 0 Å². The molecule has 0 radical (unpaired) electrons. The SMILES string of the molecule is CCCCC/C=C/C/C=C/C/C=C/C/C=C/CCCCCCCC(=O)OCC(COCCC(C(=O)[O-])[N+](C)(C)C)OC(=O)CCCCCCCCC. The Kier molecular flexibility index (Phi) is 33.5. The van der Waals surface area contributed by atoms with Crippen molar-refractivity contribution in [3.8, 4) is 0 Å². The molecule has 0 rings (SSSR count). The summed E-state index contributed by atoms with van der Waals surface area (Å²) in [5.41, 5.74) is 0. The Balaban J connectivity index is 4.27. The van der Waals surface area contributed by atoms with Crippen LogP contribution < -0.4 is 5.11 Å². The highest BCUT2D eigenvalue weighted by atomic mass is 16.6. The summed E-state index contributed by atoms with van der Waals surface area (Å²) in [6.45, 7) is 4.55. The molecule has 8 heteroatoms. The Morgan fingerprint density at radius 1 is 0.577 bits per heavy atom. The van der Waals surface area contributed by atoms with Gasteiger partial charge in [0.1, 0.15) is 12.6 Å². The molecule has 2 atom stereocenters. The maximum absolute atomic E-state index is 12.6. The molecule has 0 spiro atoms. The smallest absolute Gasteiger partial charge is 0.306 e. The maximum Gasteiger partial charge on any atom is 0.306 e. The zero-order valence-electron chi connectivity index (χ0n) is 34.0. The van der Waals surface area contributed by atoms with E-state index in [-0.39, 0.29) is 42.7 Å². The first kappa shape index (κ1) is 49.3. The molecule has 0 aliphatic heterocycles. The number of carbonyl (C=O) groups excluding carboxylic acids is 3. The predicted octanol–water partition coefficient (Wildman–Crippen LogP) is 9.52. The first-order chi connectivity index (χ1) is 25.1. The molecule has 0 saturated carbocycles. The quantitative estimate of drug-likeness (QED) is 0.0274. The average molecular weight is 732 g/mol. The van der Waals surface area contributed by atoms with Crippen molar-refractivity contribution in [3.05, 3.63) is 48.6 Å². The molecule has 8 nitrogen and oxygen atoms in total. The van der Waals surface area contributed by atoms with Crippen LogP contribution in [-0.4, -0.2) is 75.5 Å².